The van der Waals surface area contributed by atoms with Gasteiger partial charge in [0.15, 0.2) is 0 Å². The SMILES string of the molecule is [2H]C([2H])([2H])c1c[c-]c(-c2ccc(C(C)(C)C)cn2)cc1.[2H]C([2H])([2H])c1cccc2nc(-c3[c-]ccc4c3oc3cc5c(ccc6ccccc65)cc34)n(-c3c(C([2H])(C)C)cc(-c4ccccc4)cc3C([2H])(C)C)c12.[Ir]. The Balaban J connectivity index is 0.000000277. The molecular formula is C62H55IrN3O-2. The molecule has 0 saturated heterocycles. The maximum atomic E-state index is 9.54. The summed E-state index contributed by atoms with van der Waals surface area (Å²) in [5.41, 5.74) is 9.64. The molecule has 0 aliphatic rings. The Kier molecular flexibility index (Phi) is 9.91. The van der Waals surface area contributed by atoms with Crippen LogP contribution in [0.1, 0.15) is 99.0 Å². The van der Waals surface area contributed by atoms with E-state index >= 15 is 0 Å². The van der Waals surface area contributed by atoms with Crippen molar-refractivity contribution in [2.24, 2.45) is 0 Å². The van der Waals surface area contributed by atoms with E-state index < -0.39 is 25.5 Å². The maximum Gasteiger partial charge on any atom is 0.121 e. The van der Waals surface area contributed by atoms with Gasteiger partial charge in [-0.3, -0.25) is 4.98 Å². The number of aromatic nitrogens is 3. The van der Waals surface area contributed by atoms with E-state index in [2.05, 4.69) is 74.3 Å². The van der Waals surface area contributed by atoms with Crippen molar-refractivity contribution < 1.29 is 35.5 Å². The average Bonchev–Trinajstić information content (AvgIpc) is 3.96. The molecule has 4 nitrogen and oxygen atoms in total. The largest absolute Gasteiger partial charge is 0.501 e. The van der Waals surface area contributed by atoms with Crippen molar-refractivity contribution in [3.8, 4) is 39.5 Å². The number of pyridine rings is 1. The molecule has 0 amide bonds. The zero-order chi connectivity index (χ0) is 52.7. The van der Waals surface area contributed by atoms with E-state index in [9.17, 15) is 2.74 Å². The van der Waals surface area contributed by atoms with Crippen LogP contribution in [0, 0.1) is 25.8 Å². The van der Waals surface area contributed by atoms with Crippen molar-refractivity contribution in [2.45, 2.75) is 79.4 Å². The molecule has 0 spiro atoms. The molecule has 0 saturated carbocycles. The standard InChI is InChI=1S/C46H37N2O.C16H18N.Ir/c1-27(2)37-24-33(30-14-7-6-8-15-30)25-38(28(3)4)44(37)48-43-29(5)13-11-20-41(43)47-46(48)36-19-12-18-35-40-23-32-22-21-31-16-9-10-17-34(31)39(32)26-42(40)49-45(35)36;1-12-5-7-13(8-6-12)15-10-9-14(11-17-15)16(2,3)4;/h6-18,20-28H,1-5H3;5-7,9-11H,1-4H3;/q2*-1;/i5D3,27D,28D;1D3;. The van der Waals surface area contributed by atoms with E-state index in [1.165, 1.54) is 11.6 Å². The Morgan fingerprint density at radius 1 is 0.672 bits per heavy atom. The second kappa shape index (κ2) is 18.2. The van der Waals surface area contributed by atoms with Gasteiger partial charge in [0, 0.05) is 48.3 Å². The third-order valence-electron chi connectivity index (χ3n) is 12.4. The van der Waals surface area contributed by atoms with Crippen molar-refractivity contribution >= 4 is 54.5 Å². The van der Waals surface area contributed by atoms with Gasteiger partial charge in [-0.1, -0.05) is 157 Å². The summed E-state index contributed by atoms with van der Waals surface area (Å²) in [6.45, 7) is 9.15. The molecule has 11 rings (SSSR count). The van der Waals surface area contributed by atoms with Crippen molar-refractivity contribution in [1.82, 2.24) is 14.5 Å². The predicted octanol–water partition coefficient (Wildman–Crippen LogP) is 17.1. The third kappa shape index (κ3) is 8.52. The van der Waals surface area contributed by atoms with Gasteiger partial charge in [0.2, 0.25) is 0 Å². The predicted molar refractivity (Wildman–Crippen MR) is 278 cm³/mol. The van der Waals surface area contributed by atoms with Crippen LogP contribution in [0.25, 0.3) is 94.0 Å². The van der Waals surface area contributed by atoms with Crippen LogP contribution in [0.4, 0.5) is 0 Å². The Morgan fingerprint density at radius 2 is 1.43 bits per heavy atom. The summed E-state index contributed by atoms with van der Waals surface area (Å²) in [5, 5.41) is 6.29. The van der Waals surface area contributed by atoms with Crippen LogP contribution in [0.5, 0.6) is 0 Å². The fourth-order valence-corrected chi connectivity index (χ4v) is 8.94. The van der Waals surface area contributed by atoms with Gasteiger partial charge < -0.3 is 14.0 Å². The molecule has 0 atom stereocenters. The minimum atomic E-state index is -2.48. The number of imidazole rings is 1. The normalized spacial score (nSPS) is 14.3. The molecule has 0 bridgehead atoms. The summed E-state index contributed by atoms with van der Waals surface area (Å²) in [5.74, 6) is -1.91. The van der Waals surface area contributed by atoms with Crippen LogP contribution < -0.4 is 0 Å². The van der Waals surface area contributed by atoms with Crippen LogP contribution >= 0.6 is 0 Å². The topological polar surface area (TPSA) is 43.9 Å². The first kappa shape index (κ1) is 36.5. The van der Waals surface area contributed by atoms with Gasteiger partial charge >= 0.3 is 0 Å². The molecule has 0 unspecified atom stereocenters. The number of nitrogens with zero attached hydrogens (tertiary/aromatic N) is 3. The van der Waals surface area contributed by atoms with Crippen LogP contribution in [0.15, 0.2) is 162 Å². The first-order chi connectivity index (χ1) is 34.9. The fourth-order valence-electron chi connectivity index (χ4n) is 8.94. The van der Waals surface area contributed by atoms with E-state index in [4.69, 9.17) is 17.6 Å². The van der Waals surface area contributed by atoms with E-state index in [0.29, 0.717) is 56.0 Å². The molecule has 8 aromatic carbocycles. The number of furan rings is 1. The first-order valence-corrected chi connectivity index (χ1v) is 22.3. The monoisotopic (exact) mass is 1060 g/mol. The number of fused-ring (bicyclic) bond motifs is 7. The Bertz CT molecular complexity index is 3820. The number of benzene rings is 8. The van der Waals surface area contributed by atoms with Crippen LogP contribution in [0.3, 0.4) is 0 Å². The molecule has 67 heavy (non-hydrogen) atoms. The van der Waals surface area contributed by atoms with E-state index in [0.717, 1.165) is 54.7 Å². The Hall–Kier alpha value is -6.65. The fraction of sp³-hybridized carbons (Fsp3) is 0.194. The number of hydrogen-bond donors (Lipinski definition) is 0. The first-order valence-electron chi connectivity index (χ1n) is 26.3. The van der Waals surface area contributed by atoms with Crippen LogP contribution in [-0.2, 0) is 25.5 Å². The number of rotatable bonds is 6. The van der Waals surface area contributed by atoms with Gasteiger partial charge in [-0.25, -0.2) is 0 Å². The molecule has 5 heteroatoms. The van der Waals surface area contributed by atoms with Gasteiger partial charge in [0.25, 0.3) is 0 Å². The van der Waals surface area contributed by atoms with Gasteiger partial charge in [0.1, 0.15) is 5.58 Å². The summed E-state index contributed by atoms with van der Waals surface area (Å²) in [6.07, 6.45) is 1.86. The van der Waals surface area contributed by atoms with E-state index in [-0.39, 0.29) is 31.1 Å². The Labute approximate surface area is 419 Å². The third-order valence-corrected chi connectivity index (χ3v) is 12.4. The zero-order valence-electron chi connectivity index (χ0n) is 46.6. The van der Waals surface area contributed by atoms with Crippen molar-refractivity contribution in [1.29, 1.82) is 0 Å². The zero-order valence-corrected chi connectivity index (χ0v) is 41.0. The molecule has 0 fully saturated rings. The van der Waals surface area contributed by atoms with Gasteiger partial charge in [-0.15, -0.1) is 53.6 Å². The van der Waals surface area contributed by atoms with Crippen LogP contribution in [0.2, 0.25) is 0 Å². The molecule has 11 aromatic rings. The summed E-state index contributed by atoms with van der Waals surface area (Å²) in [4.78, 5) is 9.61. The smallest absolute Gasteiger partial charge is 0.121 e. The maximum absolute atomic E-state index is 9.54. The quantitative estimate of drug-likeness (QED) is 0.123. The second-order valence-electron chi connectivity index (χ2n) is 18.5. The molecule has 0 aliphatic heterocycles. The Morgan fingerprint density at radius 3 is 2.12 bits per heavy atom. The molecule has 1 radical (unpaired) electrons. The summed E-state index contributed by atoms with van der Waals surface area (Å²) >= 11 is 0. The number of para-hydroxylation sites is 1. The molecule has 0 aliphatic carbocycles. The van der Waals surface area contributed by atoms with Crippen molar-refractivity contribution in [3.05, 3.63) is 198 Å². The van der Waals surface area contributed by atoms with Gasteiger partial charge in [-0.05, 0) is 115 Å². The number of aryl methyl sites for hydroxylation is 2. The number of hydrogen-bond acceptors (Lipinski definition) is 3. The van der Waals surface area contributed by atoms with E-state index in [1.54, 1.807) is 24.3 Å². The summed E-state index contributed by atoms with van der Waals surface area (Å²) in [7, 11) is 0. The summed E-state index contributed by atoms with van der Waals surface area (Å²) < 4.78 is 75.7. The van der Waals surface area contributed by atoms with Crippen LogP contribution in [-0.4, -0.2) is 14.5 Å². The average molecular weight is 1060 g/mol. The minimum absolute atomic E-state index is 0. The molecule has 335 valence electrons. The van der Waals surface area contributed by atoms with E-state index in [1.807, 2.05) is 123 Å². The van der Waals surface area contributed by atoms with Crippen molar-refractivity contribution in [3.63, 3.8) is 0 Å². The van der Waals surface area contributed by atoms with Gasteiger partial charge in [0.05, 0.1) is 22.4 Å². The molecule has 3 aromatic heterocycles. The molecule has 3 heterocycles. The van der Waals surface area contributed by atoms with Gasteiger partial charge in [-0.2, -0.15) is 0 Å². The molecule has 0 N–H and O–H groups in total. The summed E-state index contributed by atoms with van der Waals surface area (Å²) in [6, 6.07) is 55.1. The molecular weight excluding hydrogens is 995 g/mol. The minimum Gasteiger partial charge on any atom is -0.501 e. The van der Waals surface area contributed by atoms with Crippen molar-refractivity contribution in [2.75, 3.05) is 0 Å². The second-order valence-corrected chi connectivity index (χ2v) is 18.5.